The van der Waals surface area contributed by atoms with Gasteiger partial charge >= 0.3 is 0 Å². The monoisotopic (exact) mass is 174 g/mol. The largest absolute Gasteiger partial charge is 0.387 e. The summed E-state index contributed by atoms with van der Waals surface area (Å²) in [4.78, 5) is 0. The Morgan fingerprint density at radius 1 is 1.17 bits per heavy atom. The van der Waals surface area contributed by atoms with E-state index in [1.165, 1.54) is 0 Å². The summed E-state index contributed by atoms with van der Waals surface area (Å²) in [6.45, 7) is 9.33. The van der Waals surface area contributed by atoms with E-state index in [1.54, 1.807) is 13.8 Å². The molecule has 0 spiro atoms. The molecule has 0 saturated heterocycles. The molecule has 0 aliphatic carbocycles. The molecule has 0 aromatic carbocycles. The maximum atomic E-state index is 10.1. The third-order valence-electron chi connectivity index (χ3n) is 2.47. The zero-order chi connectivity index (χ0) is 9.99. The van der Waals surface area contributed by atoms with Crippen molar-refractivity contribution in [1.29, 1.82) is 0 Å². The van der Waals surface area contributed by atoms with Crippen molar-refractivity contribution in [2.75, 3.05) is 0 Å². The molecule has 0 amide bonds. The first kappa shape index (κ1) is 11.9. The molecule has 2 heteroatoms. The van der Waals surface area contributed by atoms with Gasteiger partial charge in [-0.1, -0.05) is 20.8 Å². The van der Waals surface area contributed by atoms with E-state index in [9.17, 15) is 10.2 Å². The lowest BCUT2D eigenvalue weighted by Crippen LogP contribution is -2.50. The van der Waals surface area contributed by atoms with E-state index in [4.69, 9.17) is 0 Å². The Morgan fingerprint density at radius 2 is 1.58 bits per heavy atom. The molecule has 2 N–H and O–H groups in total. The summed E-state index contributed by atoms with van der Waals surface area (Å²) in [6, 6.07) is 0. The number of rotatable bonds is 4. The first-order valence-electron chi connectivity index (χ1n) is 4.67. The number of aliphatic hydroxyl groups is 2. The molecule has 0 bridgehead atoms. The topological polar surface area (TPSA) is 40.5 Å². The molecule has 0 aliphatic rings. The highest BCUT2D eigenvalue weighted by atomic mass is 16.4. The van der Waals surface area contributed by atoms with E-state index in [2.05, 4.69) is 0 Å². The Hall–Kier alpha value is -0.0800. The first-order valence-corrected chi connectivity index (χ1v) is 4.67. The van der Waals surface area contributed by atoms with E-state index in [0.29, 0.717) is 18.8 Å². The van der Waals surface area contributed by atoms with Gasteiger partial charge in [0.1, 0.15) is 0 Å². The van der Waals surface area contributed by atoms with E-state index < -0.39 is 11.2 Å². The maximum absolute atomic E-state index is 10.1. The van der Waals surface area contributed by atoms with Gasteiger partial charge in [-0.25, -0.2) is 0 Å². The van der Waals surface area contributed by atoms with Crippen molar-refractivity contribution in [3.05, 3.63) is 0 Å². The van der Waals surface area contributed by atoms with Crippen LogP contribution in [0.4, 0.5) is 0 Å². The molecule has 0 saturated carbocycles. The predicted molar refractivity (Wildman–Crippen MR) is 51.0 cm³/mol. The van der Waals surface area contributed by atoms with Gasteiger partial charge in [0.05, 0.1) is 11.2 Å². The van der Waals surface area contributed by atoms with Gasteiger partial charge in [-0.15, -0.1) is 0 Å². The lowest BCUT2D eigenvalue weighted by Gasteiger charge is -2.39. The van der Waals surface area contributed by atoms with Crippen molar-refractivity contribution >= 4 is 0 Å². The van der Waals surface area contributed by atoms with Crippen LogP contribution in [0.5, 0.6) is 0 Å². The fourth-order valence-corrected chi connectivity index (χ4v) is 1.50. The number of hydrogen-bond donors (Lipinski definition) is 2. The van der Waals surface area contributed by atoms with E-state index in [0.717, 1.165) is 0 Å². The van der Waals surface area contributed by atoms with Gasteiger partial charge in [-0.2, -0.15) is 0 Å². The Kier molecular flexibility index (Phi) is 3.73. The summed E-state index contributed by atoms with van der Waals surface area (Å²) in [5, 5.41) is 19.8. The Morgan fingerprint density at radius 3 is 1.67 bits per heavy atom. The minimum absolute atomic E-state index is 0.404. The standard InChI is InChI=1S/C10H22O2/c1-6-10(12,7-8(2)3)9(4,5)11/h8,11-12H,6-7H2,1-5H3. The zero-order valence-electron chi connectivity index (χ0n) is 8.89. The SMILES string of the molecule is CCC(O)(CC(C)C)C(C)(C)O. The summed E-state index contributed by atoms with van der Waals surface area (Å²) in [7, 11) is 0. The fraction of sp³-hybridized carbons (Fsp3) is 1.00. The van der Waals surface area contributed by atoms with E-state index in [-0.39, 0.29) is 0 Å². The molecule has 0 fully saturated rings. The van der Waals surface area contributed by atoms with Gasteiger partial charge in [-0.05, 0) is 32.6 Å². The van der Waals surface area contributed by atoms with Crippen LogP contribution >= 0.6 is 0 Å². The molecule has 1 atom stereocenters. The molecule has 0 rings (SSSR count). The smallest absolute Gasteiger partial charge is 0.0927 e. The normalized spacial score (nSPS) is 18.0. The van der Waals surface area contributed by atoms with Crippen molar-refractivity contribution in [2.24, 2.45) is 5.92 Å². The lowest BCUT2D eigenvalue weighted by molar-refractivity contribution is -0.142. The third-order valence-corrected chi connectivity index (χ3v) is 2.47. The quantitative estimate of drug-likeness (QED) is 0.684. The van der Waals surface area contributed by atoms with Crippen LogP contribution in [0.2, 0.25) is 0 Å². The van der Waals surface area contributed by atoms with Crippen LogP contribution in [0.15, 0.2) is 0 Å². The van der Waals surface area contributed by atoms with Crippen LogP contribution in [0.25, 0.3) is 0 Å². The molecule has 0 radical (unpaired) electrons. The van der Waals surface area contributed by atoms with Gasteiger partial charge in [0.25, 0.3) is 0 Å². The predicted octanol–water partition coefficient (Wildman–Crippen LogP) is 1.94. The van der Waals surface area contributed by atoms with Crippen LogP contribution in [-0.4, -0.2) is 21.4 Å². The van der Waals surface area contributed by atoms with Crippen LogP contribution in [0, 0.1) is 5.92 Å². The zero-order valence-corrected chi connectivity index (χ0v) is 8.89. The average Bonchev–Trinajstić information content (AvgIpc) is 1.83. The van der Waals surface area contributed by atoms with E-state index >= 15 is 0 Å². The van der Waals surface area contributed by atoms with Crippen molar-refractivity contribution in [3.63, 3.8) is 0 Å². The van der Waals surface area contributed by atoms with Gasteiger partial charge in [0.2, 0.25) is 0 Å². The van der Waals surface area contributed by atoms with Crippen LogP contribution in [0.3, 0.4) is 0 Å². The molecule has 0 heterocycles. The minimum Gasteiger partial charge on any atom is -0.387 e. The molecular formula is C10H22O2. The summed E-state index contributed by atoms with van der Waals surface area (Å²) in [6.07, 6.45) is 1.24. The molecule has 0 aromatic rings. The van der Waals surface area contributed by atoms with Crippen LogP contribution in [-0.2, 0) is 0 Å². The fourth-order valence-electron chi connectivity index (χ4n) is 1.50. The molecule has 0 aliphatic heterocycles. The Labute approximate surface area is 75.6 Å². The summed E-state index contributed by atoms with van der Waals surface area (Å²) < 4.78 is 0. The van der Waals surface area contributed by atoms with Crippen molar-refractivity contribution in [3.8, 4) is 0 Å². The highest BCUT2D eigenvalue weighted by molar-refractivity contribution is 4.93. The van der Waals surface area contributed by atoms with Crippen molar-refractivity contribution in [1.82, 2.24) is 0 Å². The van der Waals surface area contributed by atoms with E-state index in [1.807, 2.05) is 20.8 Å². The molecule has 74 valence electrons. The van der Waals surface area contributed by atoms with Crippen LogP contribution < -0.4 is 0 Å². The first-order chi connectivity index (χ1) is 5.23. The van der Waals surface area contributed by atoms with Gasteiger partial charge in [0.15, 0.2) is 0 Å². The molecule has 1 unspecified atom stereocenters. The second-order valence-corrected chi connectivity index (χ2v) is 4.54. The highest BCUT2D eigenvalue weighted by Crippen LogP contribution is 2.31. The van der Waals surface area contributed by atoms with Gasteiger partial charge in [0, 0.05) is 0 Å². The Bertz CT molecular complexity index is 135. The van der Waals surface area contributed by atoms with Gasteiger partial charge < -0.3 is 10.2 Å². The molecular weight excluding hydrogens is 152 g/mol. The molecule has 0 aromatic heterocycles. The van der Waals surface area contributed by atoms with Crippen LogP contribution in [0.1, 0.15) is 47.5 Å². The third kappa shape index (κ3) is 2.76. The average molecular weight is 174 g/mol. The highest BCUT2D eigenvalue weighted by Gasteiger charge is 2.40. The number of hydrogen-bond acceptors (Lipinski definition) is 2. The summed E-state index contributed by atoms with van der Waals surface area (Å²) in [5.41, 5.74) is -1.95. The molecule has 2 nitrogen and oxygen atoms in total. The van der Waals surface area contributed by atoms with Crippen molar-refractivity contribution < 1.29 is 10.2 Å². The maximum Gasteiger partial charge on any atom is 0.0927 e. The van der Waals surface area contributed by atoms with Crippen molar-refractivity contribution in [2.45, 2.75) is 58.7 Å². The van der Waals surface area contributed by atoms with Gasteiger partial charge in [-0.3, -0.25) is 0 Å². The second kappa shape index (κ2) is 3.75. The summed E-state index contributed by atoms with van der Waals surface area (Å²) in [5.74, 6) is 0.404. The lowest BCUT2D eigenvalue weighted by atomic mass is 9.78. The second-order valence-electron chi connectivity index (χ2n) is 4.54. The minimum atomic E-state index is -1.01. The Balaban J connectivity index is 4.46. The summed E-state index contributed by atoms with van der Waals surface area (Å²) >= 11 is 0. The molecule has 12 heavy (non-hydrogen) atoms.